The maximum Gasteiger partial charge on any atom is 0.224 e. The molecule has 110 valence electrons. The first-order valence-electron chi connectivity index (χ1n) is 7.70. The lowest BCUT2D eigenvalue weighted by Gasteiger charge is -2.39. The Balaban J connectivity index is 1.58. The molecule has 2 saturated heterocycles. The summed E-state index contributed by atoms with van der Waals surface area (Å²) in [4.78, 5) is 18.5. The summed E-state index contributed by atoms with van der Waals surface area (Å²) in [5.74, 6) is 0.263. The Bertz CT molecular complexity index is 427. The maximum absolute atomic E-state index is 12.5. The number of nitrogens with zero attached hydrogens (tertiary/aromatic N) is 4. The number of amides is 1. The zero-order valence-electron chi connectivity index (χ0n) is 11.9. The molecular formula is C14H23N5O. The van der Waals surface area contributed by atoms with Gasteiger partial charge in [-0.15, -0.1) is 0 Å². The van der Waals surface area contributed by atoms with Crippen LogP contribution in [0.15, 0.2) is 12.7 Å². The molecule has 0 spiro atoms. The zero-order valence-corrected chi connectivity index (χ0v) is 11.9. The molecule has 6 nitrogen and oxygen atoms in total. The van der Waals surface area contributed by atoms with Crippen LogP contribution in [0.4, 0.5) is 0 Å². The normalized spacial score (nSPS) is 26.9. The Morgan fingerprint density at radius 3 is 3.00 bits per heavy atom. The standard InChI is InChI=1S/C14H23N5O/c20-14(6-9-18-11-15-10-17-18)19-8-2-1-5-13(19)12-4-3-7-16-12/h10-13,16H,1-9H2. The third-order valence-electron chi connectivity index (χ3n) is 4.45. The van der Waals surface area contributed by atoms with Gasteiger partial charge in [0.05, 0.1) is 6.54 Å². The molecule has 3 rings (SSSR count). The van der Waals surface area contributed by atoms with Gasteiger partial charge in [-0.05, 0) is 38.6 Å². The molecule has 0 bridgehead atoms. The quantitative estimate of drug-likeness (QED) is 0.884. The minimum atomic E-state index is 0.263. The van der Waals surface area contributed by atoms with Crippen molar-refractivity contribution in [3.8, 4) is 0 Å². The van der Waals surface area contributed by atoms with Gasteiger partial charge in [0, 0.05) is 25.0 Å². The van der Waals surface area contributed by atoms with Crippen LogP contribution in [0.25, 0.3) is 0 Å². The van der Waals surface area contributed by atoms with E-state index in [4.69, 9.17) is 0 Å². The van der Waals surface area contributed by atoms with Crippen molar-refractivity contribution in [1.82, 2.24) is 25.0 Å². The van der Waals surface area contributed by atoms with E-state index in [1.165, 1.54) is 25.6 Å². The lowest BCUT2D eigenvalue weighted by Crippen LogP contribution is -2.52. The van der Waals surface area contributed by atoms with Crippen molar-refractivity contribution in [3.63, 3.8) is 0 Å². The fourth-order valence-electron chi connectivity index (χ4n) is 3.43. The van der Waals surface area contributed by atoms with Crippen LogP contribution in [-0.2, 0) is 11.3 Å². The van der Waals surface area contributed by atoms with Crippen molar-refractivity contribution in [2.75, 3.05) is 13.1 Å². The number of rotatable bonds is 4. The molecule has 2 aliphatic heterocycles. The first-order valence-corrected chi connectivity index (χ1v) is 7.70. The summed E-state index contributed by atoms with van der Waals surface area (Å²) in [6.45, 7) is 2.64. The van der Waals surface area contributed by atoms with E-state index in [-0.39, 0.29) is 5.91 Å². The molecule has 3 heterocycles. The number of hydrogen-bond acceptors (Lipinski definition) is 4. The van der Waals surface area contributed by atoms with Crippen molar-refractivity contribution in [2.45, 2.75) is 57.2 Å². The van der Waals surface area contributed by atoms with Gasteiger partial charge in [0.15, 0.2) is 0 Å². The van der Waals surface area contributed by atoms with E-state index < -0.39 is 0 Å². The van der Waals surface area contributed by atoms with Crippen LogP contribution in [0, 0.1) is 0 Å². The first-order chi connectivity index (χ1) is 9.84. The fraction of sp³-hybridized carbons (Fsp3) is 0.786. The number of carbonyl (C=O) groups is 1. The number of hydrogen-bond donors (Lipinski definition) is 1. The molecular weight excluding hydrogens is 254 g/mol. The number of aromatic nitrogens is 3. The topological polar surface area (TPSA) is 63.1 Å². The Morgan fingerprint density at radius 2 is 2.25 bits per heavy atom. The molecule has 0 radical (unpaired) electrons. The Labute approximate surface area is 119 Å². The van der Waals surface area contributed by atoms with E-state index in [0.29, 0.717) is 25.0 Å². The summed E-state index contributed by atoms with van der Waals surface area (Å²) >= 11 is 0. The molecule has 1 amide bonds. The van der Waals surface area contributed by atoms with E-state index in [1.54, 1.807) is 11.0 Å². The van der Waals surface area contributed by atoms with Gasteiger partial charge < -0.3 is 10.2 Å². The van der Waals surface area contributed by atoms with Gasteiger partial charge >= 0.3 is 0 Å². The monoisotopic (exact) mass is 277 g/mol. The molecule has 1 aromatic heterocycles. The van der Waals surface area contributed by atoms with Gasteiger partial charge in [-0.1, -0.05) is 0 Å². The molecule has 0 aromatic carbocycles. The van der Waals surface area contributed by atoms with Gasteiger partial charge in [0.2, 0.25) is 5.91 Å². The summed E-state index contributed by atoms with van der Waals surface area (Å²) in [6, 6.07) is 0.903. The van der Waals surface area contributed by atoms with Crippen LogP contribution < -0.4 is 5.32 Å². The van der Waals surface area contributed by atoms with E-state index in [9.17, 15) is 4.79 Å². The highest BCUT2D eigenvalue weighted by molar-refractivity contribution is 5.76. The van der Waals surface area contributed by atoms with E-state index in [2.05, 4.69) is 20.3 Å². The van der Waals surface area contributed by atoms with Crippen molar-refractivity contribution in [1.29, 1.82) is 0 Å². The smallest absolute Gasteiger partial charge is 0.224 e. The number of aryl methyl sites for hydroxylation is 1. The second-order valence-electron chi connectivity index (χ2n) is 5.76. The van der Waals surface area contributed by atoms with Crippen LogP contribution in [0.3, 0.4) is 0 Å². The highest BCUT2D eigenvalue weighted by Crippen LogP contribution is 2.24. The number of likely N-dealkylation sites (tertiary alicyclic amines) is 1. The predicted octanol–water partition coefficient (Wildman–Crippen LogP) is 0.801. The maximum atomic E-state index is 12.5. The van der Waals surface area contributed by atoms with Crippen molar-refractivity contribution < 1.29 is 4.79 Å². The van der Waals surface area contributed by atoms with E-state index in [1.807, 2.05) is 0 Å². The van der Waals surface area contributed by atoms with Gasteiger partial charge in [0.25, 0.3) is 0 Å². The highest BCUT2D eigenvalue weighted by Gasteiger charge is 2.33. The summed E-state index contributed by atoms with van der Waals surface area (Å²) in [6.07, 6.45) is 9.67. The SMILES string of the molecule is O=C(CCn1cncn1)N1CCCCC1C1CCCN1. The number of carbonyl (C=O) groups excluding carboxylic acids is 1. The summed E-state index contributed by atoms with van der Waals surface area (Å²) < 4.78 is 1.73. The average molecular weight is 277 g/mol. The molecule has 0 aliphatic carbocycles. The van der Waals surface area contributed by atoms with Gasteiger partial charge in [0.1, 0.15) is 12.7 Å². The van der Waals surface area contributed by atoms with E-state index >= 15 is 0 Å². The Kier molecular flexibility index (Phi) is 4.30. The highest BCUT2D eigenvalue weighted by atomic mass is 16.2. The number of nitrogens with one attached hydrogen (secondary N) is 1. The first kappa shape index (κ1) is 13.5. The molecule has 1 aromatic rings. The summed E-state index contributed by atoms with van der Waals surface area (Å²) in [7, 11) is 0. The lowest BCUT2D eigenvalue weighted by molar-refractivity contribution is -0.135. The molecule has 2 atom stereocenters. The van der Waals surface area contributed by atoms with E-state index in [0.717, 1.165) is 25.9 Å². The molecule has 2 fully saturated rings. The third kappa shape index (κ3) is 3.00. The lowest BCUT2D eigenvalue weighted by atomic mass is 9.94. The summed E-state index contributed by atoms with van der Waals surface area (Å²) in [5, 5.41) is 7.61. The molecule has 0 saturated carbocycles. The second-order valence-corrected chi connectivity index (χ2v) is 5.76. The second kappa shape index (κ2) is 6.35. The Hall–Kier alpha value is -1.43. The Morgan fingerprint density at radius 1 is 1.30 bits per heavy atom. The van der Waals surface area contributed by atoms with Crippen LogP contribution in [0.2, 0.25) is 0 Å². The van der Waals surface area contributed by atoms with Crippen LogP contribution in [-0.4, -0.2) is 50.7 Å². The third-order valence-corrected chi connectivity index (χ3v) is 4.45. The molecule has 20 heavy (non-hydrogen) atoms. The largest absolute Gasteiger partial charge is 0.338 e. The summed E-state index contributed by atoms with van der Waals surface area (Å²) in [5.41, 5.74) is 0. The van der Waals surface area contributed by atoms with Crippen LogP contribution >= 0.6 is 0 Å². The fourth-order valence-corrected chi connectivity index (χ4v) is 3.43. The van der Waals surface area contributed by atoms with Crippen molar-refractivity contribution >= 4 is 5.91 Å². The number of piperidine rings is 1. The van der Waals surface area contributed by atoms with Crippen LogP contribution in [0.5, 0.6) is 0 Å². The molecule has 2 unspecified atom stereocenters. The van der Waals surface area contributed by atoms with Crippen molar-refractivity contribution in [2.24, 2.45) is 0 Å². The molecule has 1 N–H and O–H groups in total. The molecule has 6 heteroatoms. The zero-order chi connectivity index (χ0) is 13.8. The predicted molar refractivity (Wildman–Crippen MR) is 75.0 cm³/mol. The van der Waals surface area contributed by atoms with Gasteiger partial charge in [-0.3, -0.25) is 9.48 Å². The minimum Gasteiger partial charge on any atom is -0.338 e. The molecule has 2 aliphatic rings. The van der Waals surface area contributed by atoms with Crippen LogP contribution in [0.1, 0.15) is 38.5 Å². The van der Waals surface area contributed by atoms with Gasteiger partial charge in [-0.2, -0.15) is 5.10 Å². The van der Waals surface area contributed by atoms with Gasteiger partial charge in [-0.25, -0.2) is 4.98 Å². The minimum absolute atomic E-state index is 0.263. The van der Waals surface area contributed by atoms with Crippen molar-refractivity contribution in [3.05, 3.63) is 12.7 Å². The average Bonchev–Trinajstić information content (AvgIpc) is 3.18.